The summed E-state index contributed by atoms with van der Waals surface area (Å²) in [6.07, 6.45) is 0.622. The number of nitrogens with one attached hydrogen (secondary N) is 1. The van der Waals surface area contributed by atoms with Crippen LogP contribution >= 0.6 is 0 Å². The standard InChI is InChI=1S/C20H24N2O4S/c1-16-15-22(13-14-26-16)27(24,25)19-9-7-18(8-10-19)20(23)21-12-11-17-5-3-2-4-6-17/h2-10,16H,11-15H2,1H3,(H,21,23). The number of amides is 1. The van der Waals surface area contributed by atoms with Gasteiger partial charge < -0.3 is 10.1 Å². The minimum atomic E-state index is -3.57. The second kappa shape index (κ2) is 8.65. The molecule has 2 aromatic rings. The van der Waals surface area contributed by atoms with Crippen LogP contribution in [0.5, 0.6) is 0 Å². The van der Waals surface area contributed by atoms with Crippen molar-refractivity contribution in [1.29, 1.82) is 0 Å². The van der Waals surface area contributed by atoms with Crippen molar-refractivity contribution in [3.8, 4) is 0 Å². The number of carbonyl (C=O) groups is 1. The zero-order valence-electron chi connectivity index (χ0n) is 15.3. The van der Waals surface area contributed by atoms with Gasteiger partial charge in [-0.3, -0.25) is 4.79 Å². The Labute approximate surface area is 160 Å². The van der Waals surface area contributed by atoms with E-state index in [1.807, 2.05) is 37.3 Å². The first kappa shape index (κ1) is 19.5. The van der Waals surface area contributed by atoms with Gasteiger partial charge in [0.15, 0.2) is 0 Å². The lowest BCUT2D eigenvalue weighted by Crippen LogP contribution is -2.44. The Morgan fingerprint density at radius 3 is 2.52 bits per heavy atom. The highest BCUT2D eigenvalue weighted by atomic mass is 32.2. The molecule has 0 aliphatic carbocycles. The molecule has 3 rings (SSSR count). The number of morpholine rings is 1. The van der Waals surface area contributed by atoms with Crippen molar-refractivity contribution in [3.05, 3.63) is 65.7 Å². The van der Waals surface area contributed by atoms with Crippen molar-refractivity contribution in [2.45, 2.75) is 24.3 Å². The summed E-state index contributed by atoms with van der Waals surface area (Å²) in [7, 11) is -3.57. The number of hydrogen-bond donors (Lipinski definition) is 1. The lowest BCUT2D eigenvalue weighted by atomic mass is 10.1. The van der Waals surface area contributed by atoms with Crippen LogP contribution in [0.15, 0.2) is 59.5 Å². The lowest BCUT2D eigenvalue weighted by Gasteiger charge is -2.30. The molecule has 1 fully saturated rings. The van der Waals surface area contributed by atoms with E-state index in [-0.39, 0.29) is 16.9 Å². The number of carbonyl (C=O) groups excluding carboxylic acids is 1. The summed E-state index contributed by atoms with van der Waals surface area (Å²) >= 11 is 0. The van der Waals surface area contributed by atoms with Crippen LogP contribution in [0.4, 0.5) is 0 Å². The van der Waals surface area contributed by atoms with Crippen LogP contribution in [-0.2, 0) is 21.2 Å². The summed E-state index contributed by atoms with van der Waals surface area (Å²) in [6.45, 7) is 3.44. The predicted molar refractivity (Wildman–Crippen MR) is 103 cm³/mol. The Balaban J connectivity index is 1.60. The lowest BCUT2D eigenvalue weighted by molar-refractivity contribution is 0.0102. The van der Waals surface area contributed by atoms with Crippen molar-refractivity contribution in [2.75, 3.05) is 26.2 Å². The van der Waals surface area contributed by atoms with Crippen LogP contribution < -0.4 is 5.32 Å². The van der Waals surface area contributed by atoms with Crippen molar-refractivity contribution in [1.82, 2.24) is 9.62 Å². The molecule has 1 atom stereocenters. The third kappa shape index (κ3) is 4.94. The SMILES string of the molecule is CC1CN(S(=O)(=O)c2ccc(C(=O)NCCc3ccccc3)cc2)CCO1. The second-order valence-electron chi connectivity index (χ2n) is 6.56. The van der Waals surface area contributed by atoms with Crippen LogP contribution in [-0.4, -0.2) is 51.0 Å². The third-order valence-electron chi connectivity index (χ3n) is 4.50. The van der Waals surface area contributed by atoms with Gasteiger partial charge in [0.25, 0.3) is 5.91 Å². The number of benzene rings is 2. The van der Waals surface area contributed by atoms with E-state index in [1.165, 1.54) is 16.4 Å². The Morgan fingerprint density at radius 2 is 1.85 bits per heavy atom. The minimum Gasteiger partial charge on any atom is -0.376 e. The molecular weight excluding hydrogens is 364 g/mol. The highest BCUT2D eigenvalue weighted by Gasteiger charge is 2.29. The largest absolute Gasteiger partial charge is 0.376 e. The van der Waals surface area contributed by atoms with Crippen molar-refractivity contribution in [2.24, 2.45) is 0 Å². The Hall–Kier alpha value is -2.22. The molecular formula is C20H24N2O4S. The summed E-state index contributed by atoms with van der Waals surface area (Å²) in [5.74, 6) is -0.213. The zero-order chi connectivity index (χ0) is 19.3. The van der Waals surface area contributed by atoms with Gasteiger partial charge >= 0.3 is 0 Å². The van der Waals surface area contributed by atoms with Gasteiger partial charge in [0.2, 0.25) is 10.0 Å². The topological polar surface area (TPSA) is 75.7 Å². The van der Waals surface area contributed by atoms with E-state index in [1.54, 1.807) is 12.1 Å². The molecule has 1 N–H and O–H groups in total. The number of rotatable bonds is 6. The summed E-state index contributed by atoms with van der Waals surface area (Å²) in [4.78, 5) is 12.4. The van der Waals surface area contributed by atoms with Gasteiger partial charge in [0, 0.05) is 25.2 Å². The number of sulfonamides is 1. The van der Waals surface area contributed by atoms with Gasteiger partial charge in [0.05, 0.1) is 17.6 Å². The molecule has 1 amide bonds. The zero-order valence-corrected chi connectivity index (χ0v) is 16.1. The average Bonchev–Trinajstić information content (AvgIpc) is 2.69. The Bertz CT molecular complexity index is 867. The summed E-state index contributed by atoms with van der Waals surface area (Å²) < 4.78 is 32.3. The normalized spacial score (nSPS) is 18.2. The fourth-order valence-corrected chi connectivity index (χ4v) is 4.50. The van der Waals surface area contributed by atoms with Gasteiger partial charge in [0.1, 0.15) is 0 Å². The Kier molecular flexibility index (Phi) is 6.26. The maximum Gasteiger partial charge on any atom is 0.251 e. The smallest absolute Gasteiger partial charge is 0.251 e. The van der Waals surface area contributed by atoms with Gasteiger partial charge in [-0.2, -0.15) is 4.31 Å². The molecule has 6 nitrogen and oxygen atoms in total. The second-order valence-corrected chi connectivity index (χ2v) is 8.50. The van der Waals surface area contributed by atoms with E-state index >= 15 is 0 Å². The molecule has 7 heteroatoms. The van der Waals surface area contributed by atoms with E-state index in [0.29, 0.717) is 31.8 Å². The molecule has 1 aliphatic heterocycles. The molecule has 0 bridgehead atoms. The maximum absolute atomic E-state index is 12.7. The van der Waals surface area contributed by atoms with Gasteiger partial charge in [-0.15, -0.1) is 0 Å². The molecule has 0 saturated carbocycles. The van der Waals surface area contributed by atoms with Crippen LogP contribution in [0.3, 0.4) is 0 Å². The first-order chi connectivity index (χ1) is 13.0. The molecule has 0 aromatic heterocycles. The summed E-state index contributed by atoms with van der Waals surface area (Å²) in [5, 5.41) is 2.86. The number of nitrogens with zero attached hydrogens (tertiary/aromatic N) is 1. The van der Waals surface area contributed by atoms with Crippen LogP contribution in [0, 0.1) is 0 Å². The highest BCUT2D eigenvalue weighted by molar-refractivity contribution is 7.89. The van der Waals surface area contributed by atoms with Gasteiger partial charge in [-0.05, 0) is 43.2 Å². The van der Waals surface area contributed by atoms with E-state index in [4.69, 9.17) is 4.74 Å². The molecule has 1 saturated heterocycles. The van der Waals surface area contributed by atoms with Crippen LogP contribution in [0.2, 0.25) is 0 Å². The number of ether oxygens (including phenoxy) is 1. The third-order valence-corrected chi connectivity index (χ3v) is 6.38. The van der Waals surface area contributed by atoms with Crippen LogP contribution in [0.25, 0.3) is 0 Å². The quantitative estimate of drug-likeness (QED) is 0.822. The molecule has 144 valence electrons. The monoisotopic (exact) mass is 388 g/mol. The molecule has 0 spiro atoms. The predicted octanol–water partition coefficient (Wildman–Crippen LogP) is 2.07. The minimum absolute atomic E-state index is 0.122. The van der Waals surface area contributed by atoms with E-state index in [2.05, 4.69) is 5.32 Å². The molecule has 1 unspecified atom stereocenters. The van der Waals surface area contributed by atoms with Gasteiger partial charge in [-0.1, -0.05) is 30.3 Å². The highest BCUT2D eigenvalue weighted by Crippen LogP contribution is 2.19. The first-order valence-electron chi connectivity index (χ1n) is 9.01. The van der Waals surface area contributed by atoms with Crippen molar-refractivity contribution >= 4 is 15.9 Å². The average molecular weight is 388 g/mol. The van der Waals surface area contributed by atoms with E-state index in [0.717, 1.165) is 12.0 Å². The fraction of sp³-hybridized carbons (Fsp3) is 0.350. The fourth-order valence-electron chi connectivity index (χ4n) is 3.00. The molecule has 1 heterocycles. The first-order valence-corrected chi connectivity index (χ1v) is 10.4. The molecule has 1 aliphatic rings. The maximum atomic E-state index is 12.7. The summed E-state index contributed by atoms with van der Waals surface area (Å²) in [6, 6.07) is 16.0. The molecule has 2 aromatic carbocycles. The molecule has 0 radical (unpaired) electrons. The Morgan fingerprint density at radius 1 is 1.15 bits per heavy atom. The van der Waals surface area contributed by atoms with E-state index < -0.39 is 10.0 Å². The van der Waals surface area contributed by atoms with Crippen LogP contribution in [0.1, 0.15) is 22.8 Å². The van der Waals surface area contributed by atoms with Gasteiger partial charge in [-0.25, -0.2) is 8.42 Å². The van der Waals surface area contributed by atoms with Crippen molar-refractivity contribution in [3.63, 3.8) is 0 Å². The molecule has 27 heavy (non-hydrogen) atoms. The summed E-state index contributed by atoms with van der Waals surface area (Å²) in [5.41, 5.74) is 1.59. The number of hydrogen-bond acceptors (Lipinski definition) is 4. The van der Waals surface area contributed by atoms with E-state index in [9.17, 15) is 13.2 Å². The van der Waals surface area contributed by atoms with Crippen molar-refractivity contribution < 1.29 is 17.9 Å².